The van der Waals surface area contributed by atoms with Crippen molar-refractivity contribution in [2.75, 3.05) is 0 Å². The topological polar surface area (TPSA) is 151 Å². The highest BCUT2D eigenvalue weighted by molar-refractivity contribution is 6.30. The summed E-state index contributed by atoms with van der Waals surface area (Å²) in [6.07, 6.45) is -0.156. The zero-order valence-electron chi connectivity index (χ0n) is 24.1. The number of Topliss-reactive ketones (excluding diaryl/α,β-unsaturated/α-hetero) is 1. The zero-order chi connectivity index (χ0) is 30.4. The lowest BCUT2D eigenvalue weighted by atomic mass is 9.89. The lowest BCUT2D eigenvalue weighted by Crippen LogP contribution is -2.55. The summed E-state index contributed by atoms with van der Waals surface area (Å²) in [5.74, 6) is -0.952. The Bertz CT molecular complexity index is 1240. The largest absolute Gasteiger partial charge is 0.484 e. The second kappa shape index (κ2) is 13.8. The van der Waals surface area contributed by atoms with Crippen molar-refractivity contribution in [1.29, 1.82) is 0 Å². The van der Waals surface area contributed by atoms with Crippen LogP contribution < -0.4 is 21.5 Å². The Balaban J connectivity index is 0.000000469. The van der Waals surface area contributed by atoms with Crippen molar-refractivity contribution in [3.8, 4) is 5.75 Å². The first kappa shape index (κ1) is 32.8. The van der Waals surface area contributed by atoms with Gasteiger partial charge in [-0.2, -0.15) is 0 Å². The molecule has 10 heteroatoms. The molecule has 0 spiro atoms. The van der Waals surface area contributed by atoms with Crippen LogP contribution in [0.25, 0.3) is 0 Å². The van der Waals surface area contributed by atoms with Crippen molar-refractivity contribution in [3.63, 3.8) is 0 Å². The Morgan fingerprint density at radius 3 is 2.17 bits per heavy atom. The fourth-order valence-corrected chi connectivity index (χ4v) is 4.13. The average molecular weight is 574 g/mol. The molecule has 2 amide bonds. The van der Waals surface area contributed by atoms with E-state index in [4.69, 9.17) is 32.5 Å². The van der Waals surface area contributed by atoms with Gasteiger partial charge in [0.2, 0.25) is 11.8 Å². The first-order chi connectivity index (χ1) is 18.5. The van der Waals surface area contributed by atoms with Gasteiger partial charge in [-0.3, -0.25) is 14.4 Å². The number of halogens is 1. The van der Waals surface area contributed by atoms with Crippen LogP contribution in [0.1, 0.15) is 74.7 Å². The number of esters is 1. The van der Waals surface area contributed by atoms with Gasteiger partial charge in [-0.1, -0.05) is 45.4 Å². The van der Waals surface area contributed by atoms with Crippen LogP contribution in [0.4, 0.5) is 0 Å². The van der Waals surface area contributed by atoms with E-state index >= 15 is 0 Å². The Hall–Kier alpha value is -3.43. The third kappa shape index (κ3) is 8.79. The first-order valence-electron chi connectivity index (χ1n) is 13.2. The molecule has 0 aromatic heterocycles. The standard InChI is InChI=1S/C23H34N2O5.C7H6ClNO/c1-12(2)19(24)21(27)25-20(13(3)4)22(28)29-18-11-16-10-15(14(5)26)8-9-17(16)30-23(18,6)7;8-6-3-1-2-5(4-6)7(9)10/h8-10,12-13,18-20H,11,24H2,1-7H3,(H,25,27);1-4H,(H2,9,10)/t18-,19?,20?;/m1./s1. The molecule has 218 valence electrons. The monoisotopic (exact) mass is 573 g/mol. The van der Waals surface area contributed by atoms with E-state index in [1.54, 1.807) is 36.4 Å². The third-order valence-electron chi connectivity index (χ3n) is 6.63. The highest BCUT2D eigenvalue weighted by Crippen LogP contribution is 2.35. The molecule has 1 aliphatic rings. The summed E-state index contributed by atoms with van der Waals surface area (Å²) in [5, 5.41) is 3.26. The van der Waals surface area contributed by atoms with E-state index in [0.29, 0.717) is 28.3 Å². The van der Waals surface area contributed by atoms with Gasteiger partial charge in [0.1, 0.15) is 23.5 Å². The van der Waals surface area contributed by atoms with Crippen LogP contribution >= 0.6 is 11.6 Å². The highest BCUT2D eigenvalue weighted by atomic mass is 35.5. The first-order valence-corrected chi connectivity index (χ1v) is 13.6. The number of fused-ring (bicyclic) bond motifs is 1. The van der Waals surface area contributed by atoms with Crippen molar-refractivity contribution < 1.29 is 28.7 Å². The van der Waals surface area contributed by atoms with Crippen molar-refractivity contribution in [2.24, 2.45) is 23.3 Å². The number of ketones is 1. The molecule has 0 radical (unpaired) electrons. The fourth-order valence-electron chi connectivity index (χ4n) is 3.94. The Morgan fingerprint density at radius 1 is 1.02 bits per heavy atom. The summed E-state index contributed by atoms with van der Waals surface area (Å²) in [5.41, 5.74) is 12.0. The molecule has 9 nitrogen and oxygen atoms in total. The molecule has 3 atom stereocenters. The van der Waals surface area contributed by atoms with E-state index in [9.17, 15) is 19.2 Å². The fraction of sp³-hybridized carbons (Fsp3) is 0.467. The maximum Gasteiger partial charge on any atom is 0.329 e. The molecule has 40 heavy (non-hydrogen) atoms. The molecule has 0 saturated heterocycles. The summed E-state index contributed by atoms with van der Waals surface area (Å²) in [6.45, 7) is 12.6. The molecule has 3 rings (SSSR count). The van der Waals surface area contributed by atoms with Gasteiger partial charge in [0.25, 0.3) is 0 Å². The summed E-state index contributed by atoms with van der Waals surface area (Å²) < 4.78 is 11.9. The minimum atomic E-state index is -0.817. The van der Waals surface area contributed by atoms with E-state index in [-0.39, 0.29) is 23.5 Å². The number of hydrogen-bond acceptors (Lipinski definition) is 7. The third-order valence-corrected chi connectivity index (χ3v) is 6.86. The SMILES string of the molecule is CC(=O)c1ccc2c(c1)C[C@@H](OC(=O)C(NC(=O)C(N)C(C)C)C(C)C)C(C)(C)O2.NC(=O)c1cccc(Cl)c1. The number of rotatable bonds is 8. The van der Waals surface area contributed by atoms with E-state index in [2.05, 4.69) is 5.32 Å². The highest BCUT2D eigenvalue weighted by Gasteiger charge is 2.41. The number of nitrogens with two attached hydrogens (primary N) is 2. The number of carbonyl (C=O) groups excluding carboxylic acids is 4. The van der Waals surface area contributed by atoms with Gasteiger partial charge in [0, 0.05) is 22.6 Å². The summed E-state index contributed by atoms with van der Waals surface area (Å²) >= 11 is 5.58. The van der Waals surface area contributed by atoms with Crippen molar-refractivity contribution in [2.45, 2.75) is 78.7 Å². The van der Waals surface area contributed by atoms with Gasteiger partial charge in [-0.25, -0.2) is 4.79 Å². The number of primary amides is 1. The van der Waals surface area contributed by atoms with Crippen LogP contribution in [-0.4, -0.2) is 47.4 Å². The lowest BCUT2D eigenvalue weighted by molar-refractivity contribution is -0.166. The van der Waals surface area contributed by atoms with Crippen LogP contribution in [0.2, 0.25) is 5.02 Å². The van der Waals surface area contributed by atoms with Crippen LogP contribution in [0.15, 0.2) is 42.5 Å². The van der Waals surface area contributed by atoms with Gasteiger partial charge in [-0.05, 0) is 74.6 Å². The van der Waals surface area contributed by atoms with Crippen LogP contribution in [0, 0.1) is 11.8 Å². The average Bonchev–Trinajstić information content (AvgIpc) is 2.86. The zero-order valence-corrected chi connectivity index (χ0v) is 24.9. The van der Waals surface area contributed by atoms with Crippen LogP contribution in [0.5, 0.6) is 5.75 Å². The van der Waals surface area contributed by atoms with Gasteiger partial charge >= 0.3 is 5.97 Å². The molecule has 1 heterocycles. The normalized spacial score (nSPS) is 16.9. The lowest BCUT2D eigenvalue weighted by Gasteiger charge is -2.40. The quantitative estimate of drug-likeness (QED) is 0.318. The van der Waals surface area contributed by atoms with Crippen molar-refractivity contribution >= 4 is 35.2 Å². The van der Waals surface area contributed by atoms with Gasteiger partial charge < -0.3 is 26.3 Å². The summed E-state index contributed by atoms with van der Waals surface area (Å²) in [7, 11) is 0. The van der Waals surface area contributed by atoms with Crippen molar-refractivity contribution in [3.05, 3.63) is 64.2 Å². The minimum Gasteiger partial charge on any atom is -0.484 e. The molecule has 2 unspecified atom stereocenters. The van der Waals surface area contributed by atoms with E-state index in [0.717, 1.165) is 5.56 Å². The molecular formula is C30H40ClN3O6. The van der Waals surface area contributed by atoms with Gasteiger partial charge in [0.15, 0.2) is 5.78 Å². The number of carbonyl (C=O) groups is 4. The van der Waals surface area contributed by atoms with Gasteiger partial charge in [-0.15, -0.1) is 0 Å². The Kier molecular flexibility index (Phi) is 11.3. The maximum atomic E-state index is 13.0. The summed E-state index contributed by atoms with van der Waals surface area (Å²) in [4.78, 5) is 47.6. The maximum absolute atomic E-state index is 13.0. The molecule has 0 saturated carbocycles. The Labute approximate surface area is 240 Å². The molecule has 1 aliphatic heterocycles. The molecule has 0 bridgehead atoms. The van der Waals surface area contributed by atoms with Gasteiger partial charge in [0.05, 0.1) is 6.04 Å². The predicted molar refractivity (Wildman–Crippen MR) is 154 cm³/mol. The number of nitrogens with one attached hydrogen (secondary N) is 1. The number of benzene rings is 2. The number of ether oxygens (including phenoxy) is 2. The molecule has 0 fully saturated rings. The van der Waals surface area contributed by atoms with E-state index in [1.807, 2.05) is 41.5 Å². The molecule has 0 aliphatic carbocycles. The Morgan fingerprint density at radius 2 is 1.68 bits per heavy atom. The number of hydrogen-bond donors (Lipinski definition) is 3. The summed E-state index contributed by atoms with van der Waals surface area (Å²) in [6, 6.07) is 10.3. The second-order valence-electron chi connectivity index (χ2n) is 11.1. The second-order valence-corrected chi connectivity index (χ2v) is 11.5. The molecule has 2 aromatic rings. The smallest absolute Gasteiger partial charge is 0.329 e. The minimum absolute atomic E-state index is 0.0414. The number of amides is 2. The molecular weight excluding hydrogens is 534 g/mol. The molecule has 5 N–H and O–H groups in total. The van der Waals surface area contributed by atoms with E-state index in [1.165, 1.54) is 13.0 Å². The van der Waals surface area contributed by atoms with E-state index < -0.39 is 35.7 Å². The van der Waals surface area contributed by atoms with Crippen LogP contribution in [0.3, 0.4) is 0 Å². The molecule has 2 aromatic carbocycles. The van der Waals surface area contributed by atoms with Crippen LogP contribution in [-0.2, 0) is 20.7 Å². The van der Waals surface area contributed by atoms with Crippen molar-refractivity contribution in [1.82, 2.24) is 5.32 Å². The predicted octanol–water partition coefficient (Wildman–Crippen LogP) is 4.08.